The van der Waals surface area contributed by atoms with Gasteiger partial charge in [-0.1, -0.05) is 26.0 Å². The normalized spacial score (nSPS) is 10.6. The van der Waals surface area contributed by atoms with E-state index in [2.05, 4.69) is 13.8 Å². The molecule has 1 aromatic rings. The zero-order chi connectivity index (χ0) is 12.8. The fourth-order valence-corrected chi connectivity index (χ4v) is 1.81. The van der Waals surface area contributed by atoms with Crippen LogP contribution in [-0.4, -0.2) is 23.9 Å². The van der Waals surface area contributed by atoms with E-state index in [4.69, 9.17) is 5.73 Å². The standard InChI is InChI=1S/C14H22N2O/c1-4-16(10-11(2)3)14(17)13-7-5-6-12(8-13)9-15/h5-8,11H,4,9-10,15H2,1-3H3. The summed E-state index contributed by atoms with van der Waals surface area (Å²) in [4.78, 5) is 14.1. The molecule has 1 aromatic carbocycles. The SMILES string of the molecule is CCN(CC(C)C)C(=O)c1cccc(CN)c1. The molecule has 1 amide bonds. The summed E-state index contributed by atoms with van der Waals surface area (Å²) in [5, 5.41) is 0. The molecule has 3 heteroatoms. The molecule has 0 fully saturated rings. The highest BCUT2D eigenvalue weighted by Gasteiger charge is 2.15. The Morgan fingerprint density at radius 2 is 2.12 bits per heavy atom. The summed E-state index contributed by atoms with van der Waals surface area (Å²) in [7, 11) is 0. The van der Waals surface area contributed by atoms with Crippen molar-refractivity contribution in [3.8, 4) is 0 Å². The summed E-state index contributed by atoms with van der Waals surface area (Å²) in [5.74, 6) is 0.577. The zero-order valence-electron chi connectivity index (χ0n) is 10.9. The van der Waals surface area contributed by atoms with E-state index in [0.717, 1.165) is 24.2 Å². The Bertz CT molecular complexity index is 374. The highest BCUT2D eigenvalue weighted by molar-refractivity contribution is 5.94. The quantitative estimate of drug-likeness (QED) is 0.849. The Morgan fingerprint density at radius 3 is 2.65 bits per heavy atom. The van der Waals surface area contributed by atoms with E-state index in [9.17, 15) is 4.79 Å². The van der Waals surface area contributed by atoms with Crippen LogP contribution in [0.3, 0.4) is 0 Å². The molecular formula is C14H22N2O. The molecule has 0 aliphatic carbocycles. The minimum atomic E-state index is 0.0940. The van der Waals surface area contributed by atoms with Crippen LogP contribution in [0.1, 0.15) is 36.7 Å². The predicted molar refractivity (Wildman–Crippen MR) is 70.7 cm³/mol. The predicted octanol–water partition coefficient (Wildman–Crippen LogP) is 2.26. The summed E-state index contributed by atoms with van der Waals surface area (Å²) in [5.41, 5.74) is 7.31. The second-order valence-corrected chi connectivity index (χ2v) is 4.64. The third-order valence-electron chi connectivity index (χ3n) is 2.66. The van der Waals surface area contributed by atoms with Gasteiger partial charge in [0.2, 0.25) is 0 Å². The molecule has 0 atom stereocenters. The van der Waals surface area contributed by atoms with Crippen LogP contribution in [-0.2, 0) is 6.54 Å². The lowest BCUT2D eigenvalue weighted by Gasteiger charge is -2.23. The minimum Gasteiger partial charge on any atom is -0.339 e. The first-order chi connectivity index (χ1) is 8.08. The number of nitrogens with zero attached hydrogens (tertiary/aromatic N) is 1. The Kier molecular flexibility index (Phi) is 5.16. The molecule has 0 radical (unpaired) electrons. The molecule has 3 nitrogen and oxygen atoms in total. The Morgan fingerprint density at radius 1 is 1.41 bits per heavy atom. The summed E-state index contributed by atoms with van der Waals surface area (Å²) in [6.45, 7) is 8.25. The third kappa shape index (κ3) is 3.86. The largest absolute Gasteiger partial charge is 0.339 e. The van der Waals surface area contributed by atoms with Crippen molar-refractivity contribution in [2.24, 2.45) is 11.7 Å². The number of carbonyl (C=O) groups excluding carboxylic acids is 1. The van der Waals surface area contributed by atoms with Gasteiger partial charge < -0.3 is 10.6 Å². The van der Waals surface area contributed by atoms with Crippen molar-refractivity contribution in [1.29, 1.82) is 0 Å². The molecule has 0 heterocycles. The van der Waals surface area contributed by atoms with Gasteiger partial charge in [0.1, 0.15) is 0 Å². The molecule has 0 spiro atoms. The van der Waals surface area contributed by atoms with E-state index >= 15 is 0 Å². The van der Waals surface area contributed by atoms with Crippen LogP contribution in [0.5, 0.6) is 0 Å². The summed E-state index contributed by atoms with van der Waals surface area (Å²) < 4.78 is 0. The van der Waals surface area contributed by atoms with Crippen molar-refractivity contribution < 1.29 is 4.79 Å². The van der Waals surface area contributed by atoms with Crippen molar-refractivity contribution in [2.75, 3.05) is 13.1 Å². The molecule has 0 saturated heterocycles. The number of rotatable bonds is 5. The van der Waals surface area contributed by atoms with Gasteiger partial charge in [0.15, 0.2) is 0 Å². The van der Waals surface area contributed by atoms with Crippen LogP contribution >= 0.6 is 0 Å². The van der Waals surface area contributed by atoms with Crippen molar-refractivity contribution >= 4 is 5.91 Å². The number of hydrogen-bond acceptors (Lipinski definition) is 2. The fraction of sp³-hybridized carbons (Fsp3) is 0.500. The second kappa shape index (κ2) is 6.40. The fourth-order valence-electron chi connectivity index (χ4n) is 1.81. The first-order valence-electron chi connectivity index (χ1n) is 6.16. The van der Waals surface area contributed by atoms with Crippen LogP contribution in [0.25, 0.3) is 0 Å². The molecule has 1 rings (SSSR count). The zero-order valence-corrected chi connectivity index (χ0v) is 10.9. The smallest absolute Gasteiger partial charge is 0.253 e. The van der Waals surface area contributed by atoms with Crippen LogP contribution < -0.4 is 5.73 Å². The number of benzene rings is 1. The van der Waals surface area contributed by atoms with Gasteiger partial charge in [-0.15, -0.1) is 0 Å². The van der Waals surface area contributed by atoms with Gasteiger partial charge in [-0.2, -0.15) is 0 Å². The highest BCUT2D eigenvalue weighted by Crippen LogP contribution is 2.10. The van der Waals surface area contributed by atoms with Crippen molar-refractivity contribution in [3.63, 3.8) is 0 Å². The average molecular weight is 234 g/mol. The van der Waals surface area contributed by atoms with Gasteiger partial charge in [0.05, 0.1) is 0 Å². The van der Waals surface area contributed by atoms with E-state index in [1.807, 2.05) is 36.1 Å². The average Bonchev–Trinajstić information content (AvgIpc) is 2.35. The van der Waals surface area contributed by atoms with Crippen molar-refractivity contribution in [3.05, 3.63) is 35.4 Å². The number of carbonyl (C=O) groups is 1. The Labute approximate surface area is 104 Å². The molecule has 0 aliphatic rings. The lowest BCUT2D eigenvalue weighted by atomic mass is 10.1. The van der Waals surface area contributed by atoms with Crippen molar-refractivity contribution in [2.45, 2.75) is 27.3 Å². The molecular weight excluding hydrogens is 212 g/mol. The molecule has 0 bridgehead atoms. The maximum Gasteiger partial charge on any atom is 0.253 e. The summed E-state index contributed by atoms with van der Waals surface area (Å²) in [6, 6.07) is 7.56. The molecule has 0 aliphatic heterocycles. The minimum absolute atomic E-state index is 0.0940. The number of nitrogens with two attached hydrogens (primary N) is 1. The first-order valence-corrected chi connectivity index (χ1v) is 6.16. The molecule has 0 saturated carbocycles. The van der Waals surface area contributed by atoms with Crippen LogP contribution in [0, 0.1) is 5.92 Å². The number of amides is 1. The van der Waals surface area contributed by atoms with Gasteiger partial charge in [-0.3, -0.25) is 4.79 Å². The third-order valence-corrected chi connectivity index (χ3v) is 2.66. The maximum atomic E-state index is 12.3. The lowest BCUT2D eigenvalue weighted by Crippen LogP contribution is -2.34. The number of hydrogen-bond donors (Lipinski definition) is 1. The van der Waals surface area contributed by atoms with Gasteiger partial charge in [-0.05, 0) is 30.5 Å². The van der Waals surface area contributed by atoms with Gasteiger partial charge in [0.25, 0.3) is 5.91 Å². The van der Waals surface area contributed by atoms with E-state index in [1.54, 1.807) is 0 Å². The van der Waals surface area contributed by atoms with Gasteiger partial charge in [-0.25, -0.2) is 0 Å². The van der Waals surface area contributed by atoms with E-state index < -0.39 is 0 Å². The van der Waals surface area contributed by atoms with E-state index in [-0.39, 0.29) is 5.91 Å². The van der Waals surface area contributed by atoms with E-state index in [1.165, 1.54) is 0 Å². The van der Waals surface area contributed by atoms with Gasteiger partial charge in [0, 0.05) is 25.2 Å². The topological polar surface area (TPSA) is 46.3 Å². The highest BCUT2D eigenvalue weighted by atomic mass is 16.2. The van der Waals surface area contributed by atoms with Crippen LogP contribution in [0.15, 0.2) is 24.3 Å². The Balaban J connectivity index is 2.85. The second-order valence-electron chi connectivity index (χ2n) is 4.64. The first kappa shape index (κ1) is 13.7. The summed E-state index contributed by atoms with van der Waals surface area (Å²) >= 11 is 0. The molecule has 0 aromatic heterocycles. The molecule has 2 N–H and O–H groups in total. The van der Waals surface area contributed by atoms with Crippen LogP contribution in [0.4, 0.5) is 0 Å². The monoisotopic (exact) mass is 234 g/mol. The summed E-state index contributed by atoms with van der Waals surface area (Å²) in [6.07, 6.45) is 0. The van der Waals surface area contributed by atoms with Gasteiger partial charge >= 0.3 is 0 Å². The molecule has 0 unspecified atom stereocenters. The Hall–Kier alpha value is -1.35. The molecule has 94 valence electrons. The molecule has 17 heavy (non-hydrogen) atoms. The van der Waals surface area contributed by atoms with Crippen LogP contribution in [0.2, 0.25) is 0 Å². The van der Waals surface area contributed by atoms with Crippen molar-refractivity contribution in [1.82, 2.24) is 4.90 Å². The lowest BCUT2D eigenvalue weighted by molar-refractivity contribution is 0.0745. The maximum absolute atomic E-state index is 12.3. The van der Waals surface area contributed by atoms with E-state index in [0.29, 0.717) is 12.5 Å².